The number of amides is 1. The van der Waals surface area contributed by atoms with E-state index in [1.54, 1.807) is 10.9 Å². The maximum absolute atomic E-state index is 11.3. The molecule has 1 heterocycles. The standard InChI is InChI=1S/C11H17N3O3/c1-14-8-9(7-13-14)5-6-12-10(15)3-2-4-11(16)17/h7-8H,2-6H2,1H3,(H,12,15)(H,16,17). The first-order valence-electron chi connectivity index (χ1n) is 5.54. The first-order valence-corrected chi connectivity index (χ1v) is 5.54. The molecule has 0 spiro atoms. The third-order valence-corrected chi connectivity index (χ3v) is 2.29. The van der Waals surface area contributed by atoms with Gasteiger partial charge in [-0.25, -0.2) is 0 Å². The van der Waals surface area contributed by atoms with E-state index in [4.69, 9.17) is 5.11 Å². The fourth-order valence-electron chi connectivity index (χ4n) is 1.44. The lowest BCUT2D eigenvalue weighted by molar-refractivity contribution is -0.137. The molecule has 0 aliphatic heterocycles. The lowest BCUT2D eigenvalue weighted by atomic mass is 10.2. The third-order valence-electron chi connectivity index (χ3n) is 2.29. The van der Waals surface area contributed by atoms with Gasteiger partial charge in [0, 0.05) is 32.6 Å². The van der Waals surface area contributed by atoms with Gasteiger partial charge in [0.15, 0.2) is 0 Å². The predicted molar refractivity (Wildman–Crippen MR) is 61.4 cm³/mol. The van der Waals surface area contributed by atoms with Gasteiger partial charge in [-0.05, 0) is 18.4 Å². The second-order valence-corrected chi connectivity index (χ2v) is 3.87. The van der Waals surface area contributed by atoms with Gasteiger partial charge in [0.2, 0.25) is 5.91 Å². The van der Waals surface area contributed by atoms with Gasteiger partial charge < -0.3 is 10.4 Å². The van der Waals surface area contributed by atoms with Crippen LogP contribution in [0.5, 0.6) is 0 Å². The Balaban J connectivity index is 2.10. The van der Waals surface area contributed by atoms with Crippen molar-refractivity contribution >= 4 is 11.9 Å². The molecule has 6 heteroatoms. The Bertz CT molecular complexity index is 387. The predicted octanol–water partition coefficient (Wildman–Crippen LogP) is 0.334. The Morgan fingerprint density at radius 2 is 2.24 bits per heavy atom. The zero-order chi connectivity index (χ0) is 12.7. The van der Waals surface area contributed by atoms with Crippen LogP contribution in [-0.2, 0) is 23.1 Å². The molecule has 0 aliphatic rings. The number of carboxylic acids is 1. The Morgan fingerprint density at radius 3 is 2.82 bits per heavy atom. The number of carboxylic acid groups (broad SMARTS) is 1. The smallest absolute Gasteiger partial charge is 0.303 e. The van der Waals surface area contributed by atoms with Crippen LogP contribution in [0.1, 0.15) is 24.8 Å². The number of nitrogens with one attached hydrogen (secondary N) is 1. The van der Waals surface area contributed by atoms with Crippen LogP contribution in [0.3, 0.4) is 0 Å². The summed E-state index contributed by atoms with van der Waals surface area (Å²) in [5, 5.41) is 15.2. The van der Waals surface area contributed by atoms with Gasteiger partial charge in [0.1, 0.15) is 0 Å². The summed E-state index contributed by atoms with van der Waals surface area (Å²) in [6.45, 7) is 0.553. The molecule has 17 heavy (non-hydrogen) atoms. The topological polar surface area (TPSA) is 84.2 Å². The summed E-state index contributed by atoms with van der Waals surface area (Å²) in [5.41, 5.74) is 1.07. The van der Waals surface area contributed by atoms with Crippen LogP contribution < -0.4 is 5.32 Å². The van der Waals surface area contributed by atoms with Crippen LogP contribution in [0.25, 0.3) is 0 Å². The number of aromatic nitrogens is 2. The molecule has 0 radical (unpaired) electrons. The zero-order valence-electron chi connectivity index (χ0n) is 9.85. The molecular formula is C11H17N3O3. The number of aliphatic carboxylic acids is 1. The van der Waals surface area contributed by atoms with Crippen molar-refractivity contribution in [1.29, 1.82) is 0 Å². The molecule has 1 aromatic heterocycles. The van der Waals surface area contributed by atoms with Crippen molar-refractivity contribution in [3.63, 3.8) is 0 Å². The van der Waals surface area contributed by atoms with E-state index in [0.717, 1.165) is 12.0 Å². The molecule has 0 unspecified atom stereocenters. The average molecular weight is 239 g/mol. The fraction of sp³-hybridized carbons (Fsp3) is 0.545. The molecule has 0 aliphatic carbocycles. The van der Waals surface area contributed by atoms with Crippen molar-refractivity contribution in [3.05, 3.63) is 18.0 Å². The largest absolute Gasteiger partial charge is 0.481 e. The van der Waals surface area contributed by atoms with Gasteiger partial charge in [0.05, 0.1) is 6.20 Å². The highest BCUT2D eigenvalue weighted by molar-refractivity contribution is 5.76. The number of carbonyl (C=O) groups is 2. The summed E-state index contributed by atoms with van der Waals surface area (Å²) >= 11 is 0. The molecule has 94 valence electrons. The van der Waals surface area contributed by atoms with E-state index in [2.05, 4.69) is 10.4 Å². The van der Waals surface area contributed by atoms with Crippen molar-refractivity contribution in [2.45, 2.75) is 25.7 Å². The first-order chi connectivity index (χ1) is 8.08. The van der Waals surface area contributed by atoms with Crippen molar-refractivity contribution < 1.29 is 14.7 Å². The van der Waals surface area contributed by atoms with E-state index < -0.39 is 5.97 Å². The van der Waals surface area contributed by atoms with E-state index in [1.165, 1.54) is 0 Å². The maximum Gasteiger partial charge on any atom is 0.303 e. The molecule has 2 N–H and O–H groups in total. The van der Waals surface area contributed by atoms with Crippen LogP contribution in [0, 0.1) is 0 Å². The van der Waals surface area contributed by atoms with Crippen LogP contribution in [0.4, 0.5) is 0 Å². The van der Waals surface area contributed by atoms with E-state index in [-0.39, 0.29) is 18.7 Å². The van der Waals surface area contributed by atoms with E-state index in [1.807, 2.05) is 13.2 Å². The minimum atomic E-state index is -0.867. The number of rotatable bonds is 7. The van der Waals surface area contributed by atoms with Crippen molar-refractivity contribution in [2.75, 3.05) is 6.54 Å². The highest BCUT2D eigenvalue weighted by Crippen LogP contribution is 1.97. The van der Waals surface area contributed by atoms with Crippen LogP contribution >= 0.6 is 0 Å². The normalized spacial score (nSPS) is 10.2. The molecule has 1 rings (SSSR count). The number of hydrogen-bond acceptors (Lipinski definition) is 3. The van der Waals surface area contributed by atoms with Crippen LogP contribution in [0.15, 0.2) is 12.4 Å². The highest BCUT2D eigenvalue weighted by Gasteiger charge is 2.03. The van der Waals surface area contributed by atoms with Crippen molar-refractivity contribution in [1.82, 2.24) is 15.1 Å². The lowest BCUT2D eigenvalue weighted by Crippen LogP contribution is -2.25. The number of hydrogen-bond donors (Lipinski definition) is 2. The van der Waals surface area contributed by atoms with Gasteiger partial charge in [-0.3, -0.25) is 14.3 Å². The van der Waals surface area contributed by atoms with Gasteiger partial charge >= 0.3 is 5.97 Å². The zero-order valence-corrected chi connectivity index (χ0v) is 9.85. The quantitative estimate of drug-likeness (QED) is 0.718. The summed E-state index contributed by atoms with van der Waals surface area (Å²) in [7, 11) is 1.84. The highest BCUT2D eigenvalue weighted by atomic mass is 16.4. The van der Waals surface area contributed by atoms with Gasteiger partial charge in [-0.1, -0.05) is 0 Å². The lowest BCUT2D eigenvalue weighted by Gasteiger charge is -2.03. The second-order valence-electron chi connectivity index (χ2n) is 3.87. The van der Waals surface area contributed by atoms with Crippen LogP contribution in [-0.4, -0.2) is 33.3 Å². The SMILES string of the molecule is Cn1cc(CCNC(=O)CCCC(=O)O)cn1. The minimum absolute atomic E-state index is 0.0377. The second kappa shape index (κ2) is 6.67. The summed E-state index contributed by atoms with van der Waals surface area (Å²) in [6.07, 6.45) is 5.08. The van der Waals surface area contributed by atoms with E-state index in [9.17, 15) is 9.59 Å². The molecule has 0 saturated heterocycles. The first kappa shape index (κ1) is 13.2. The number of nitrogens with zero attached hydrogens (tertiary/aromatic N) is 2. The van der Waals surface area contributed by atoms with E-state index in [0.29, 0.717) is 13.0 Å². The molecule has 0 saturated carbocycles. The fourth-order valence-corrected chi connectivity index (χ4v) is 1.44. The molecule has 0 bridgehead atoms. The maximum atomic E-state index is 11.3. The number of aryl methyl sites for hydroxylation is 1. The Hall–Kier alpha value is -1.85. The van der Waals surface area contributed by atoms with E-state index >= 15 is 0 Å². The molecular weight excluding hydrogens is 222 g/mol. The monoisotopic (exact) mass is 239 g/mol. The number of carbonyl (C=O) groups excluding carboxylic acids is 1. The van der Waals surface area contributed by atoms with Gasteiger partial charge in [-0.2, -0.15) is 5.10 Å². The molecule has 0 fully saturated rings. The Labute approximate surface area is 99.6 Å². The molecule has 6 nitrogen and oxygen atoms in total. The summed E-state index contributed by atoms with van der Waals surface area (Å²) in [6, 6.07) is 0. The van der Waals surface area contributed by atoms with Crippen LogP contribution in [0.2, 0.25) is 0 Å². The van der Waals surface area contributed by atoms with Gasteiger partial charge in [-0.15, -0.1) is 0 Å². The molecule has 1 aromatic rings. The van der Waals surface area contributed by atoms with Crippen molar-refractivity contribution in [2.24, 2.45) is 7.05 Å². The minimum Gasteiger partial charge on any atom is -0.481 e. The average Bonchev–Trinajstić information content (AvgIpc) is 2.63. The van der Waals surface area contributed by atoms with Gasteiger partial charge in [0.25, 0.3) is 0 Å². The third kappa shape index (κ3) is 5.70. The summed E-state index contributed by atoms with van der Waals surface area (Å²) in [5.74, 6) is -0.969. The molecule has 1 amide bonds. The summed E-state index contributed by atoms with van der Waals surface area (Å²) in [4.78, 5) is 21.5. The Kier molecular flexibility index (Phi) is 5.19. The Morgan fingerprint density at radius 1 is 1.47 bits per heavy atom. The molecule has 0 aromatic carbocycles. The molecule has 0 atom stereocenters. The summed E-state index contributed by atoms with van der Waals surface area (Å²) < 4.78 is 1.71. The van der Waals surface area contributed by atoms with Crippen molar-refractivity contribution in [3.8, 4) is 0 Å².